The Hall–Kier alpha value is 0.446. The molecule has 182 valence electrons. The van der Waals surface area contributed by atoms with Crippen LogP contribution in [0.15, 0.2) is 24.3 Å². The molecule has 0 spiro atoms. The van der Waals surface area contributed by atoms with Gasteiger partial charge in [0.2, 0.25) is 0 Å². The molecule has 0 fully saturated rings. The third-order valence-corrected chi connectivity index (χ3v) is 5.35. The molecule has 1 rings (SSSR count). The minimum absolute atomic E-state index is 0. The summed E-state index contributed by atoms with van der Waals surface area (Å²) in [5, 5.41) is 12.6. The molecule has 0 N–H and O–H groups in total. The molecule has 31 heavy (non-hydrogen) atoms. The molecule has 1 aromatic carbocycles. The third kappa shape index (κ3) is 38.0. The van der Waals surface area contributed by atoms with Crippen molar-refractivity contribution in [2.24, 2.45) is 0 Å². The van der Waals surface area contributed by atoms with Crippen molar-refractivity contribution in [1.29, 1.82) is 0 Å². The Balaban J connectivity index is -0.000000156. The van der Waals surface area contributed by atoms with Gasteiger partial charge in [-0.05, 0) is 0 Å². The van der Waals surface area contributed by atoms with Gasteiger partial charge in [-0.25, -0.2) is 0 Å². The Kier molecular flexibility index (Phi) is 40.7. The average Bonchev–Trinajstić information content (AvgIpc) is 3.26. The molecule has 1 aromatic rings. The van der Waals surface area contributed by atoms with E-state index in [0.717, 1.165) is 51.4 Å². The van der Waals surface area contributed by atoms with Crippen LogP contribution in [0.5, 0.6) is 0 Å². The van der Waals surface area contributed by atoms with Crippen molar-refractivity contribution in [1.82, 2.24) is 0 Å². The summed E-state index contributed by atoms with van der Waals surface area (Å²) < 4.78 is 35.0. The average molecular weight is 585 g/mol. The normalized spacial score (nSPS) is 9.84. The molecule has 0 heterocycles. The number of hydrogen-bond donors (Lipinski definition) is 0. The smallest absolute Gasteiger partial charge is 4.00 e. The molecule has 0 bridgehead atoms. The zero-order chi connectivity index (χ0) is 23.5. The Morgan fingerprint density at radius 3 is 0.903 bits per heavy atom. The van der Waals surface area contributed by atoms with E-state index in [2.05, 4.69) is 57.5 Å². The maximum Gasteiger partial charge on any atom is 4.00 e. The van der Waals surface area contributed by atoms with Crippen LogP contribution in [0.1, 0.15) is 80.1 Å². The zero-order valence-electron chi connectivity index (χ0n) is 20.8. The first-order chi connectivity index (χ1) is 14.3. The van der Waals surface area contributed by atoms with Gasteiger partial charge in [-0.2, -0.15) is 0 Å². The molecule has 0 aliphatic rings. The molecule has 0 aromatic heterocycles. The fourth-order valence-corrected chi connectivity index (χ4v) is 3.04. The Bertz CT molecular complexity index is 356. The molecule has 0 saturated heterocycles. The molecule has 0 radical (unpaired) electrons. The summed E-state index contributed by atoms with van der Waals surface area (Å²) in [6, 6.07) is 5.07. The second kappa shape index (κ2) is 32.6. The Morgan fingerprint density at radius 1 is 0.548 bits per heavy atom. The van der Waals surface area contributed by atoms with Crippen molar-refractivity contribution in [2.75, 3.05) is 39.3 Å². The predicted octanol–water partition coefficient (Wildman–Crippen LogP) is 8.00. The summed E-state index contributed by atoms with van der Waals surface area (Å²) in [7, 11) is 0. The van der Waals surface area contributed by atoms with Crippen molar-refractivity contribution in [2.45, 2.75) is 80.1 Å². The van der Waals surface area contributed by atoms with Gasteiger partial charge in [-0.15, -0.1) is 39.3 Å². The van der Waals surface area contributed by atoms with Gasteiger partial charge in [0.05, 0.1) is 0 Å². The van der Waals surface area contributed by atoms with E-state index in [4.69, 9.17) is 0 Å². The van der Waals surface area contributed by atoms with Crippen LogP contribution in [0.4, 0.5) is 10.5 Å². The molecular weight excluding hydrogens is 539 g/mol. The fraction of sp³-hybridized carbons (Fsp3) is 0.783. The van der Waals surface area contributed by atoms with Crippen LogP contribution < -0.4 is 4.40 Å². The quantitative estimate of drug-likeness (QED) is 0.128. The summed E-state index contributed by atoms with van der Waals surface area (Å²) >= 11 is -5.94. The van der Waals surface area contributed by atoms with Crippen LogP contribution in [-0.2, 0) is 26.2 Å². The van der Waals surface area contributed by atoms with E-state index < -0.39 is 19.1 Å². The minimum atomic E-state index is -5.94. The second-order valence-electron chi connectivity index (χ2n) is 6.68. The predicted molar refractivity (Wildman–Crippen MR) is 132 cm³/mol. The van der Waals surface area contributed by atoms with Crippen LogP contribution in [-0.4, -0.2) is 53.9 Å². The largest absolute Gasteiger partial charge is 4.00 e. The minimum Gasteiger partial charge on any atom is 4.00 e. The van der Waals surface area contributed by atoms with Crippen LogP contribution in [0.2, 0.25) is 0 Å². The molecular formula is C23H46F3GeN3Zr. The van der Waals surface area contributed by atoms with Crippen molar-refractivity contribution in [3.05, 3.63) is 40.2 Å². The first-order valence-corrected chi connectivity index (χ1v) is 15.0. The van der Waals surface area contributed by atoms with Crippen molar-refractivity contribution in [3.63, 3.8) is 0 Å². The first kappa shape index (κ1) is 38.7. The summed E-state index contributed by atoms with van der Waals surface area (Å²) in [5.74, 6) is 0. The van der Waals surface area contributed by atoms with Gasteiger partial charge in [0, 0.05) is 0 Å². The van der Waals surface area contributed by atoms with Gasteiger partial charge >= 0.3 is 80.0 Å². The summed E-state index contributed by atoms with van der Waals surface area (Å²) in [6.45, 7) is 19.2. The van der Waals surface area contributed by atoms with Crippen LogP contribution in [0.3, 0.4) is 0 Å². The van der Waals surface area contributed by atoms with Gasteiger partial charge in [0.25, 0.3) is 0 Å². The third-order valence-electron chi connectivity index (χ3n) is 3.28. The first-order valence-electron chi connectivity index (χ1n) is 11.5. The second-order valence-corrected chi connectivity index (χ2v) is 9.98. The van der Waals surface area contributed by atoms with Gasteiger partial charge < -0.3 is 16.0 Å². The van der Waals surface area contributed by atoms with Gasteiger partial charge in [0.1, 0.15) is 0 Å². The molecule has 0 aliphatic carbocycles. The van der Waals surface area contributed by atoms with Crippen LogP contribution in [0, 0.1) is 0 Å². The molecule has 0 unspecified atom stereocenters. The van der Waals surface area contributed by atoms with Gasteiger partial charge in [-0.3, -0.25) is 0 Å². The van der Waals surface area contributed by atoms with Crippen molar-refractivity contribution in [3.8, 4) is 0 Å². The Morgan fingerprint density at radius 2 is 0.774 bits per heavy atom. The molecule has 0 aliphatic heterocycles. The SMILES string of the molecule is CCC[N-]CCC.CCC[N-]CCC.CCC[N-]CCC.[F][Ge]([F])([F])[c-]1cccc1.[Zr+4]. The Labute approximate surface area is 214 Å². The summed E-state index contributed by atoms with van der Waals surface area (Å²) in [4.78, 5) is 0. The molecule has 8 heteroatoms. The number of halogens is 3. The number of rotatable bonds is 13. The van der Waals surface area contributed by atoms with Crippen LogP contribution in [0.25, 0.3) is 16.0 Å². The van der Waals surface area contributed by atoms with Crippen molar-refractivity contribution >= 4 is 19.1 Å². The number of hydrogen-bond acceptors (Lipinski definition) is 0. The van der Waals surface area contributed by atoms with Gasteiger partial charge in [-0.1, -0.05) is 80.1 Å². The number of nitrogens with zero attached hydrogens (tertiary/aromatic N) is 3. The van der Waals surface area contributed by atoms with E-state index in [1.165, 1.54) is 50.7 Å². The topological polar surface area (TPSA) is 42.3 Å². The van der Waals surface area contributed by atoms with E-state index in [1.807, 2.05) is 0 Å². The van der Waals surface area contributed by atoms with Crippen LogP contribution >= 0.6 is 0 Å². The molecule has 3 nitrogen and oxygen atoms in total. The van der Waals surface area contributed by atoms with E-state index in [9.17, 15) is 10.5 Å². The van der Waals surface area contributed by atoms with Gasteiger partial charge in [0.15, 0.2) is 0 Å². The fourth-order valence-electron chi connectivity index (χ4n) is 1.85. The molecule has 0 amide bonds. The van der Waals surface area contributed by atoms with E-state index >= 15 is 0 Å². The zero-order valence-corrected chi connectivity index (χ0v) is 25.3. The summed E-state index contributed by atoms with van der Waals surface area (Å²) in [6.07, 6.45) is 7.17. The maximum absolute atomic E-state index is 11.8. The van der Waals surface area contributed by atoms with E-state index in [-0.39, 0.29) is 26.2 Å². The monoisotopic (exact) mass is 585 g/mol. The van der Waals surface area contributed by atoms with E-state index in [0.29, 0.717) is 0 Å². The summed E-state index contributed by atoms with van der Waals surface area (Å²) in [5.41, 5.74) is 0. The molecule has 0 atom stereocenters. The maximum atomic E-state index is 11.8. The van der Waals surface area contributed by atoms with Crippen molar-refractivity contribution < 1.29 is 36.7 Å². The molecule has 0 saturated carbocycles. The van der Waals surface area contributed by atoms with E-state index in [1.54, 1.807) is 0 Å². The standard InChI is InChI=1S/3C6H14N.C5H4F3Ge.Zr/c3*1-3-5-7-6-4-2;6-9(7,8)5-3-1-2-4-5;/h3*3-6H2,1-2H3;1-4H;/q4*-1;+4.